The van der Waals surface area contributed by atoms with Gasteiger partial charge in [0.05, 0.1) is 5.92 Å². The molecule has 0 radical (unpaired) electrons. The van der Waals surface area contributed by atoms with E-state index in [0.29, 0.717) is 5.75 Å². The summed E-state index contributed by atoms with van der Waals surface area (Å²) in [6.07, 6.45) is 25.6. The topological polar surface area (TPSA) is 57.5 Å². The molecule has 0 aliphatic heterocycles. The molecule has 3 heteroatoms. The number of carbonyl (C=O) groups is 1. The van der Waals surface area contributed by atoms with Crippen LogP contribution in [0.4, 0.5) is 0 Å². The van der Waals surface area contributed by atoms with Crippen LogP contribution in [0.3, 0.4) is 0 Å². The standard InChI is InChI=1S/C30H50O3/c1-26(25-27(2)30(32)33)19-17-15-13-11-9-7-5-3-4-6-8-10-12-14-16-18-20-28-21-23-29(31)24-22-28/h21-25,27,31H,3-20H2,1-2H3,(H,32,33). The second-order valence-corrected chi connectivity index (χ2v) is 9.96. The van der Waals surface area contributed by atoms with Gasteiger partial charge in [-0.2, -0.15) is 0 Å². The molecule has 1 aromatic carbocycles. The van der Waals surface area contributed by atoms with Gasteiger partial charge in [0, 0.05) is 0 Å². The second kappa shape index (κ2) is 19.7. The van der Waals surface area contributed by atoms with Crippen molar-refractivity contribution in [1.29, 1.82) is 0 Å². The number of phenolic OH excluding ortho intramolecular Hbond substituents is 1. The normalized spacial score (nSPS) is 12.7. The first-order valence-electron chi connectivity index (χ1n) is 13.7. The Labute approximate surface area is 203 Å². The summed E-state index contributed by atoms with van der Waals surface area (Å²) in [6.45, 7) is 3.80. The summed E-state index contributed by atoms with van der Waals surface area (Å²) in [6, 6.07) is 7.63. The highest BCUT2D eigenvalue weighted by molar-refractivity contribution is 5.71. The maximum absolute atomic E-state index is 10.9. The van der Waals surface area contributed by atoms with Crippen LogP contribution in [0.2, 0.25) is 0 Å². The molecule has 0 bridgehead atoms. The fraction of sp³-hybridized carbons (Fsp3) is 0.700. The quantitative estimate of drug-likeness (QED) is 0.142. The van der Waals surface area contributed by atoms with Gasteiger partial charge >= 0.3 is 5.97 Å². The Kier molecular flexibility index (Phi) is 17.4. The SMILES string of the molecule is CC(=CC(C)C(=O)O)CCCCCCCCCCCCCCCCCCc1ccc(O)cc1. The van der Waals surface area contributed by atoms with Gasteiger partial charge in [0.1, 0.15) is 5.75 Å². The van der Waals surface area contributed by atoms with Crippen LogP contribution in [0, 0.1) is 5.92 Å². The highest BCUT2D eigenvalue weighted by Crippen LogP contribution is 2.17. The summed E-state index contributed by atoms with van der Waals surface area (Å²) in [4.78, 5) is 10.9. The monoisotopic (exact) mass is 458 g/mol. The molecule has 0 aliphatic carbocycles. The van der Waals surface area contributed by atoms with E-state index in [1.165, 1.54) is 114 Å². The number of unbranched alkanes of at least 4 members (excludes halogenated alkanes) is 15. The van der Waals surface area contributed by atoms with Crippen molar-refractivity contribution in [2.24, 2.45) is 5.92 Å². The molecule has 0 saturated carbocycles. The van der Waals surface area contributed by atoms with Crippen molar-refractivity contribution in [3.63, 3.8) is 0 Å². The van der Waals surface area contributed by atoms with Crippen molar-refractivity contribution < 1.29 is 15.0 Å². The van der Waals surface area contributed by atoms with E-state index in [9.17, 15) is 9.90 Å². The number of benzene rings is 1. The minimum absolute atomic E-state index is 0.358. The van der Waals surface area contributed by atoms with Crippen LogP contribution in [-0.4, -0.2) is 16.2 Å². The van der Waals surface area contributed by atoms with Crippen LogP contribution in [0.15, 0.2) is 35.9 Å². The third-order valence-corrected chi connectivity index (χ3v) is 6.65. The van der Waals surface area contributed by atoms with Crippen molar-refractivity contribution in [3.05, 3.63) is 41.5 Å². The van der Waals surface area contributed by atoms with Crippen molar-refractivity contribution >= 4 is 5.97 Å². The fourth-order valence-corrected chi connectivity index (χ4v) is 4.45. The van der Waals surface area contributed by atoms with Crippen LogP contribution in [0.25, 0.3) is 0 Å². The van der Waals surface area contributed by atoms with Crippen molar-refractivity contribution in [2.75, 3.05) is 0 Å². The lowest BCUT2D eigenvalue weighted by Gasteiger charge is -2.05. The van der Waals surface area contributed by atoms with Gasteiger partial charge in [0.2, 0.25) is 0 Å². The lowest BCUT2D eigenvalue weighted by atomic mass is 10.0. The van der Waals surface area contributed by atoms with E-state index in [0.717, 1.165) is 12.8 Å². The number of hydrogen-bond acceptors (Lipinski definition) is 2. The third-order valence-electron chi connectivity index (χ3n) is 6.65. The summed E-state index contributed by atoms with van der Waals surface area (Å²) in [5, 5.41) is 18.2. The number of carboxylic acid groups (broad SMARTS) is 1. The van der Waals surface area contributed by atoms with E-state index in [1.807, 2.05) is 18.2 Å². The second-order valence-electron chi connectivity index (χ2n) is 9.96. The van der Waals surface area contributed by atoms with E-state index >= 15 is 0 Å². The predicted molar refractivity (Wildman–Crippen MR) is 141 cm³/mol. The summed E-state index contributed by atoms with van der Waals surface area (Å²) in [5.41, 5.74) is 2.55. The fourth-order valence-electron chi connectivity index (χ4n) is 4.45. The summed E-state index contributed by atoms with van der Waals surface area (Å²) < 4.78 is 0. The number of allylic oxidation sites excluding steroid dienone is 1. The van der Waals surface area contributed by atoms with Crippen LogP contribution < -0.4 is 0 Å². The molecule has 0 spiro atoms. The Hall–Kier alpha value is -1.77. The average Bonchev–Trinajstić information content (AvgIpc) is 2.79. The van der Waals surface area contributed by atoms with E-state index in [1.54, 1.807) is 19.1 Å². The van der Waals surface area contributed by atoms with Crippen LogP contribution >= 0.6 is 0 Å². The van der Waals surface area contributed by atoms with Crippen LogP contribution in [-0.2, 0) is 11.2 Å². The molecular formula is C30H50O3. The van der Waals surface area contributed by atoms with Crippen molar-refractivity contribution in [1.82, 2.24) is 0 Å². The number of carboxylic acids is 1. The largest absolute Gasteiger partial charge is 0.508 e. The smallest absolute Gasteiger partial charge is 0.310 e. The van der Waals surface area contributed by atoms with E-state index in [4.69, 9.17) is 5.11 Å². The molecule has 2 N–H and O–H groups in total. The molecule has 1 rings (SSSR count). The zero-order valence-electron chi connectivity index (χ0n) is 21.5. The summed E-state index contributed by atoms with van der Waals surface area (Å²) >= 11 is 0. The first kappa shape index (κ1) is 29.3. The highest BCUT2D eigenvalue weighted by atomic mass is 16.4. The van der Waals surface area contributed by atoms with Gasteiger partial charge in [0.15, 0.2) is 0 Å². The first-order chi connectivity index (χ1) is 16.0. The third kappa shape index (κ3) is 17.4. The molecule has 33 heavy (non-hydrogen) atoms. The number of aliphatic carboxylic acids is 1. The van der Waals surface area contributed by atoms with Gasteiger partial charge in [-0.25, -0.2) is 0 Å². The molecular weight excluding hydrogens is 408 g/mol. The highest BCUT2D eigenvalue weighted by Gasteiger charge is 2.07. The van der Waals surface area contributed by atoms with Gasteiger partial charge in [-0.3, -0.25) is 4.79 Å². The molecule has 0 amide bonds. The van der Waals surface area contributed by atoms with Gasteiger partial charge < -0.3 is 10.2 Å². The number of aromatic hydroxyl groups is 1. The lowest BCUT2D eigenvalue weighted by molar-refractivity contribution is -0.139. The summed E-state index contributed by atoms with van der Waals surface area (Å²) in [7, 11) is 0. The summed E-state index contributed by atoms with van der Waals surface area (Å²) in [5.74, 6) is -0.738. The number of hydrogen-bond donors (Lipinski definition) is 2. The molecule has 188 valence electrons. The van der Waals surface area contributed by atoms with E-state index in [2.05, 4.69) is 6.92 Å². The molecule has 1 atom stereocenters. The van der Waals surface area contributed by atoms with E-state index < -0.39 is 5.97 Å². The zero-order chi connectivity index (χ0) is 24.2. The Morgan fingerprint density at radius 2 is 1.12 bits per heavy atom. The van der Waals surface area contributed by atoms with Crippen LogP contribution in [0.5, 0.6) is 5.75 Å². The molecule has 1 unspecified atom stereocenters. The Morgan fingerprint density at radius 3 is 1.55 bits per heavy atom. The molecule has 3 nitrogen and oxygen atoms in total. The maximum Gasteiger partial charge on any atom is 0.310 e. The minimum atomic E-state index is -0.733. The van der Waals surface area contributed by atoms with Crippen molar-refractivity contribution in [2.45, 2.75) is 129 Å². The Balaban J connectivity index is 1.76. The Morgan fingerprint density at radius 1 is 0.727 bits per heavy atom. The van der Waals surface area contributed by atoms with Gasteiger partial charge in [0.25, 0.3) is 0 Å². The van der Waals surface area contributed by atoms with Crippen LogP contribution in [0.1, 0.15) is 129 Å². The number of aryl methyl sites for hydroxylation is 1. The molecule has 1 aromatic rings. The Bertz CT molecular complexity index is 632. The van der Waals surface area contributed by atoms with E-state index in [-0.39, 0.29) is 5.92 Å². The molecule has 0 heterocycles. The van der Waals surface area contributed by atoms with Gasteiger partial charge in [-0.1, -0.05) is 114 Å². The molecule has 0 aliphatic rings. The van der Waals surface area contributed by atoms with Gasteiger partial charge in [-0.15, -0.1) is 0 Å². The lowest BCUT2D eigenvalue weighted by Crippen LogP contribution is -2.06. The first-order valence-corrected chi connectivity index (χ1v) is 13.7. The molecule has 0 fully saturated rings. The number of rotatable bonds is 21. The number of phenols is 1. The molecule has 0 saturated heterocycles. The van der Waals surface area contributed by atoms with Gasteiger partial charge in [-0.05, 0) is 57.2 Å². The zero-order valence-corrected chi connectivity index (χ0v) is 21.5. The maximum atomic E-state index is 10.9. The average molecular weight is 459 g/mol. The van der Waals surface area contributed by atoms with Crippen molar-refractivity contribution in [3.8, 4) is 5.75 Å². The molecule has 0 aromatic heterocycles. The predicted octanol–water partition coefficient (Wildman–Crippen LogP) is 9.23. The minimum Gasteiger partial charge on any atom is -0.508 e.